The van der Waals surface area contributed by atoms with E-state index in [1.165, 1.54) is 6.08 Å². The lowest BCUT2D eigenvalue weighted by atomic mass is 10.3. The standard InChI is InChI=1S/C12H13N3O2/c1-2-10(14-9-6-4-3-5-7-9)15-11(16)8-13-12(15)17/h2-7,10,14H,1,8H2,(H,13,17). The zero-order valence-corrected chi connectivity index (χ0v) is 9.22. The van der Waals surface area contributed by atoms with Crippen LogP contribution in [0.25, 0.3) is 0 Å². The van der Waals surface area contributed by atoms with Crippen LogP contribution in [0.1, 0.15) is 0 Å². The van der Waals surface area contributed by atoms with Crippen molar-refractivity contribution in [1.82, 2.24) is 10.2 Å². The summed E-state index contributed by atoms with van der Waals surface area (Å²) in [7, 11) is 0. The number of rotatable bonds is 4. The molecule has 0 aliphatic carbocycles. The first-order valence-corrected chi connectivity index (χ1v) is 5.26. The van der Waals surface area contributed by atoms with Crippen molar-refractivity contribution >= 4 is 17.6 Å². The van der Waals surface area contributed by atoms with Crippen molar-refractivity contribution in [3.8, 4) is 0 Å². The lowest BCUT2D eigenvalue weighted by Crippen LogP contribution is -2.43. The number of nitrogens with zero attached hydrogens (tertiary/aromatic N) is 1. The normalized spacial score (nSPS) is 16.6. The van der Waals surface area contributed by atoms with Crippen LogP contribution in [0.15, 0.2) is 43.0 Å². The van der Waals surface area contributed by atoms with Crippen LogP contribution in [0.2, 0.25) is 0 Å². The molecule has 1 aliphatic heterocycles. The Hall–Kier alpha value is -2.30. The number of para-hydroxylation sites is 1. The third-order valence-corrected chi connectivity index (χ3v) is 2.47. The minimum atomic E-state index is -0.535. The number of carbonyl (C=O) groups is 2. The van der Waals surface area contributed by atoms with Gasteiger partial charge >= 0.3 is 6.03 Å². The molecular weight excluding hydrogens is 218 g/mol. The van der Waals surface area contributed by atoms with Gasteiger partial charge in [0.2, 0.25) is 0 Å². The minimum Gasteiger partial charge on any atom is -0.361 e. The van der Waals surface area contributed by atoms with Crippen LogP contribution in [-0.2, 0) is 4.79 Å². The van der Waals surface area contributed by atoms with Crippen LogP contribution in [0, 0.1) is 0 Å². The third-order valence-electron chi connectivity index (χ3n) is 2.47. The van der Waals surface area contributed by atoms with Gasteiger partial charge in [0.15, 0.2) is 0 Å². The maximum atomic E-state index is 11.5. The Kier molecular flexibility index (Phi) is 3.09. The predicted molar refractivity (Wildman–Crippen MR) is 64.3 cm³/mol. The molecule has 88 valence electrons. The molecule has 1 unspecified atom stereocenters. The van der Waals surface area contributed by atoms with Gasteiger partial charge in [-0.2, -0.15) is 0 Å². The predicted octanol–water partition coefficient (Wildman–Crippen LogP) is 1.16. The fourth-order valence-corrected chi connectivity index (χ4v) is 1.65. The number of carbonyl (C=O) groups excluding carboxylic acids is 2. The molecule has 1 aromatic carbocycles. The van der Waals surface area contributed by atoms with Gasteiger partial charge in [0.25, 0.3) is 5.91 Å². The molecular formula is C12H13N3O2. The maximum absolute atomic E-state index is 11.5. The average molecular weight is 231 g/mol. The molecule has 3 amide bonds. The maximum Gasteiger partial charge on any atom is 0.326 e. The molecule has 5 heteroatoms. The van der Waals surface area contributed by atoms with Crippen LogP contribution in [0.4, 0.5) is 10.5 Å². The zero-order chi connectivity index (χ0) is 12.3. The highest BCUT2D eigenvalue weighted by Crippen LogP contribution is 2.12. The van der Waals surface area contributed by atoms with Gasteiger partial charge in [0.05, 0.1) is 6.54 Å². The number of hydrogen-bond acceptors (Lipinski definition) is 3. The van der Waals surface area contributed by atoms with Crippen molar-refractivity contribution in [3.63, 3.8) is 0 Å². The fraction of sp³-hybridized carbons (Fsp3) is 0.167. The summed E-state index contributed by atoms with van der Waals surface area (Å²) in [4.78, 5) is 24.1. The van der Waals surface area contributed by atoms with Crippen LogP contribution >= 0.6 is 0 Å². The first kappa shape index (κ1) is 11.2. The second-order valence-corrected chi connectivity index (χ2v) is 3.61. The number of urea groups is 1. The Morgan fingerprint density at radius 3 is 2.59 bits per heavy atom. The summed E-state index contributed by atoms with van der Waals surface area (Å²) < 4.78 is 0. The molecule has 1 heterocycles. The van der Waals surface area contributed by atoms with E-state index in [0.717, 1.165) is 10.6 Å². The van der Waals surface area contributed by atoms with Crippen molar-refractivity contribution in [3.05, 3.63) is 43.0 Å². The fourth-order valence-electron chi connectivity index (χ4n) is 1.65. The highest BCUT2D eigenvalue weighted by molar-refractivity contribution is 6.02. The number of amides is 3. The zero-order valence-electron chi connectivity index (χ0n) is 9.22. The van der Waals surface area contributed by atoms with Crippen molar-refractivity contribution < 1.29 is 9.59 Å². The van der Waals surface area contributed by atoms with Crippen LogP contribution in [0.3, 0.4) is 0 Å². The minimum absolute atomic E-state index is 0.0413. The summed E-state index contributed by atoms with van der Waals surface area (Å²) in [6.07, 6.45) is 0.989. The lowest BCUT2D eigenvalue weighted by Gasteiger charge is -2.23. The summed E-state index contributed by atoms with van der Waals surface area (Å²) in [6.45, 7) is 3.68. The summed E-state index contributed by atoms with van der Waals surface area (Å²) in [5.74, 6) is -0.261. The van der Waals surface area contributed by atoms with Crippen molar-refractivity contribution in [2.24, 2.45) is 0 Å². The van der Waals surface area contributed by atoms with Gasteiger partial charge in [0, 0.05) is 5.69 Å². The van der Waals surface area contributed by atoms with Crippen molar-refractivity contribution in [2.75, 3.05) is 11.9 Å². The molecule has 5 nitrogen and oxygen atoms in total. The van der Waals surface area contributed by atoms with E-state index in [0.29, 0.717) is 0 Å². The van der Waals surface area contributed by atoms with Gasteiger partial charge in [-0.25, -0.2) is 9.69 Å². The molecule has 0 radical (unpaired) electrons. The highest BCUT2D eigenvalue weighted by atomic mass is 16.2. The van der Waals surface area contributed by atoms with E-state index in [9.17, 15) is 9.59 Å². The van der Waals surface area contributed by atoms with Crippen molar-refractivity contribution in [2.45, 2.75) is 6.17 Å². The third kappa shape index (κ3) is 2.28. The first-order valence-electron chi connectivity index (χ1n) is 5.26. The van der Waals surface area contributed by atoms with E-state index in [1.54, 1.807) is 0 Å². The van der Waals surface area contributed by atoms with E-state index in [2.05, 4.69) is 17.2 Å². The second-order valence-electron chi connectivity index (χ2n) is 3.61. The SMILES string of the molecule is C=CC(Nc1ccccc1)N1C(=O)CNC1=O. The first-order chi connectivity index (χ1) is 8.22. The molecule has 1 atom stereocenters. The molecule has 0 bridgehead atoms. The number of hydrogen-bond donors (Lipinski definition) is 2. The Morgan fingerprint density at radius 2 is 2.06 bits per heavy atom. The molecule has 0 saturated carbocycles. The Labute approximate surface area is 99.1 Å². The molecule has 17 heavy (non-hydrogen) atoms. The summed E-state index contributed by atoms with van der Waals surface area (Å²) >= 11 is 0. The number of anilines is 1. The molecule has 1 aromatic rings. The Morgan fingerprint density at radius 1 is 1.35 bits per heavy atom. The van der Waals surface area contributed by atoms with E-state index in [-0.39, 0.29) is 12.5 Å². The smallest absolute Gasteiger partial charge is 0.326 e. The monoisotopic (exact) mass is 231 g/mol. The van der Waals surface area contributed by atoms with Crippen molar-refractivity contribution in [1.29, 1.82) is 0 Å². The summed E-state index contributed by atoms with van der Waals surface area (Å²) in [5.41, 5.74) is 0.824. The van der Waals surface area contributed by atoms with Gasteiger partial charge in [-0.05, 0) is 18.2 Å². The van der Waals surface area contributed by atoms with Gasteiger partial charge < -0.3 is 10.6 Å². The van der Waals surface area contributed by atoms with Gasteiger partial charge in [-0.3, -0.25) is 4.79 Å². The van der Waals surface area contributed by atoms with Crippen LogP contribution < -0.4 is 10.6 Å². The summed E-state index contributed by atoms with van der Waals surface area (Å²) in [6, 6.07) is 8.94. The molecule has 0 aromatic heterocycles. The van der Waals surface area contributed by atoms with Crippen LogP contribution in [0.5, 0.6) is 0 Å². The molecule has 0 spiro atoms. The highest BCUT2D eigenvalue weighted by Gasteiger charge is 2.33. The van der Waals surface area contributed by atoms with Gasteiger partial charge in [-0.15, -0.1) is 0 Å². The van der Waals surface area contributed by atoms with Gasteiger partial charge in [-0.1, -0.05) is 24.8 Å². The average Bonchev–Trinajstić information content (AvgIpc) is 2.68. The number of nitrogens with one attached hydrogen (secondary N) is 2. The quantitative estimate of drug-likeness (QED) is 0.604. The Bertz CT molecular complexity index is 428. The molecule has 1 aliphatic rings. The Balaban J connectivity index is 2.14. The van der Waals surface area contributed by atoms with E-state index in [4.69, 9.17) is 0 Å². The molecule has 2 N–H and O–H groups in total. The summed E-state index contributed by atoms with van der Waals surface area (Å²) in [5, 5.41) is 5.53. The number of imide groups is 1. The van der Waals surface area contributed by atoms with E-state index in [1.807, 2.05) is 30.3 Å². The lowest BCUT2D eigenvalue weighted by molar-refractivity contribution is -0.125. The van der Waals surface area contributed by atoms with E-state index < -0.39 is 12.2 Å². The van der Waals surface area contributed by atoms with E-state index >= 15 is 0 Å². The largest absolute Gasteiger partial charge is 0.361 e. The molecule has 1 saturated heterocycles. The molecule has 2 rings (SSSR count). The van der Waals surface area contributed by atoms with Crippen LogP contribution in [-0.4, -0.2) is 29.5 Å². The number of benzene rings is 1. The topological polar surface area (TPSA) is 61.4 Å². The molecule has 1 fully saturated rings. The second kappa shape index (κ2) is 4.69. The van der Waals surface area contributed by atoms with Gasteiger partial charge in [0.1, 0.15) is 6.17 Å².